The molecule has 1 heterocycles. The predicted molar refractivity (Wildman–Crippen MR) is 76.2 cm³/mol. The van der Waals surface area contributed by atoms with Crippen molar-refractivity contribution in [2.45, 2.75) is 18.4 Å². The maximum absolute atomic E-state index is 11.9. The first-order chi connectivity index (χ1) is 9.48. The zero-order valence-corrected chi connectivity index (χ0v) is 12.3. The van der Waals surface area contributed by atoms with Gasteiger partial charge in [-0.15, -0.1) is 0 Å². The Morgan fingerprint density at radius 2 is 2.10 bits per heavy atom. The molecule has 0 spiro atoms. The average Bonchev–Trinajstić information content (AvgIpc) is 3.18. The summed E-state index contributed by atoms with van der Waals surface area (Å²) in [5.41, 5.74) is -0.659. The lowest BCUT2D eigenvalue weighted by atomic mass is 9.89. The second kappa shape index (κ2) is 5.10. The lowest BCUT2D eigenvalue weighted by Gasteiger charge is -2.46. The van der Waals surface area contributed by atoms with Crippen LogP contribution >= 0.6 is 23.2 Å². The van der Waals surface area contributed by atoms with Crippen molar-refractivity contribution in [1.82, 2.24) is 4.90 Å². The summed E-state index contributed by atoms with van der Waals surface area (Å²) in [4.78, 5) is 13.5. The Bertz CT molecular complexity index is 539. The van der Waals surface area contributed by atoms with Gasteiger partial charge in [0.25, 0.3) is 5.91 Å². The lowest BCUT2D eigenvalue weighted by molar-refractivity contribution is -0.161. The highest BCUT2D eigenvalue weighted by Gasteiger charge is 2.53. The second-order valence-electron chi connectivity index (χ2n) is 5.49. The normalized spacial score (nSPS) is 20.4. The monoisotopic (exact) mass is 315 g/mol. The minimum Gasteiger partial charge on any atom is -0.482 e. The van der Waals surface area contributed by atoms with Crippen molar-refractivity contribution < 1.29 is 14.6 Å². The highest BCUT2D eigenvalue weighted by atomic mass is 35.5. The van der Waals surface area contributed by atoms with Gasteiger partial charge in [0.1, 0.15) is 11.4 Å². The van der Waals surface area contributed by atoms with E-state index in [4.69, 9.17) is 27.9 Å². The Hall–Kier alpha value is -0.970. The number of β-amino-alcohol motifs (C(OH)–C–C–N with tert-alkyl or cyclic N) is 1. The molecule has 0 radical (unpaired) electrons. The zero-order chi connectivity index (χ0) is 14.3. The van der Waals surface area contributed by atoms with Crippen LogP contribution in [-0.4, -0.2) is 41.2 Å². The molecule has 1 N–H and O–H groups in total. The zero-order valence-electron chi connectivity index (χ0n) is 10.8. The summed E-state index contributed by atoms with van der Waals surface area (Å²) in [5, 5.41) is 11.1. The summed E-state index contributed by atoms with van der Waals surface area (Å²) in [6.45, 7) is 0.741. The van der Waals surface area contributed by atoms with Crippen LogP contribution in [0.2, 0.25) is 10.0 Å². The number of halogens is 2. The van der Waals surface area contributed by atoms with Gasteiger partial charge in [0.15, 0.2) is 6.61 Å². The van der Waals surface area contributed by atoms with Crippen LogP contribution in [0.25, 0.3) is 0 Å². The summed E-state index contributed by atoms with van der Waals surface area (Å²) >= 11 is 11.7. The Balaban J connectivity index is 1.50. The van der Waals surface area contributed by atoms with E-state index in [1.54, 1.807) is 23.1 Å². The third-order valence-electron chi connectivity index (χ3n) is 3.86. The van der Waals surface area contributed by atoms with E-state index >= 15 is 0 Å². The Morgan fingerprint density at radius 1 is 1.40 bits per heavy atom. The molecule has 0 bridgehead atoms. The molecule has 108 valence electrons. The molecule has 1 saturated heterocycles. The van der Waals surface area contributed by atoms with E-state index in [0.29, 0.717) is 34.8 Å². The molecule has 2 fully saturated rings. The van der Waals surface area contributed by atoms with Crippen molar-refractivity contribution in [2.24, 2.45) is 5.92 Å². The smallest absolute Gasteiger partial charge is 0.260 e. The van der Waals surface area contributed by atoms with Gasteiger partial charge in [0, 0.05) is 5.02 Å². The van der Waals surface area contributed by atoms with Crippen molar-refractivity contribution in [3.63, 3.8) is 0 Å². The van der Waals surface area contributed by atoms with Crippen LogP contribution in [0.1, 0.15) is 12.8 Å². The molecule has 1 saturated carbocycles. The van der Waals surface area contributed by atoms with Gasteiger partial charge >= 0.3 is 0 Å². The second-order valence-corrected chi connectivity index (χ2v) is 6.33. The Kier molecular flexibility index (Phi) is 3.56. The summed E-state index contributed by atoms with van der Waals surface area (Å²) in [6, 6.07) is 4.86. The molecule has 1 aliphatic heterocycles. The molecule has 0 unspecified atom stereocenters. The van der Waals surface area contributed by atoms with Crippen molar-refractivity contribution in [1.29, 1.82) is 0 Å². The number of carbonyl (C=O) groups is 1. The van der Waals surface area contributed by atoms with E-state index < -0.39 is 5.60 Å². The highest BCUT2D eigenvalue weighted by Crippen LogP contribution is 2.44. The van der Waals surface area contributed by atoms with Gasteiger partial charge in [-0.25, -0.2) is 0 Å². The van der Waals surface area contributed by atoms with Crippen LogP contribution in [0.4, 0.5) is 0 Å². The van der Waals surface area contributed by atoms with Crippen LogP contribution < -0.4 is 4.74 Å². The predicted octanol–water partition coefficient (Wildman–Crippen LogP) is 2.36. The van der Waals surface area contributed by atoms with Gasteiger partial charge in [0.05, 0.1) is 18.1 Å². The van der Waals surface area contributed by atoms with E-state index in [2.05, 4.69) is 0 Å². The van der Waals surface area contributed by atoms with Crippen LogP contribution in [0.15, 0.2) is 18.2 Å². The molecular formula is C14H15Cl2NO3. The fourth-order valence-electron chi connectivity index (χ4n) is 2.49. The fourth-order valence-corrected chi connectivity index (χ4v) is 2.96. The molecule has 20 heavy (non-hydrogen) atoms. The number of amides is 1. The standard InChI is InChI=1S/C14H15Cl2NO3/c15-10-3-4-12(11(16)5-10)20-6-13(18)17-7-14(19,8-17)9-1-2-9/h3-5,9,19H,1-2,6-8H2. The van der Waals surface area contributed by atoms with Gasteiger partial charge in [-0.3, -0.25) is 4.79 Å². The maximum atomic E-state index is 11.9. The molecule has 1 amide bonds. The number of carbonyl (C=O) groups excluding carboxylic acids is 1. The van der Waals surface area contributed by atoms with Crippen LogP contribution in [0.3, 0.4) is 0 Å². The number of aliphatic hydroxyl groups is 1. The fraction of sp³-hybridized carbons (Fsp3) is 0.500. The van der Waals surface area contributed by atoms with Crippen molar-refractivity contribution >= 4 is 29.1 Å². The van der Waals surface area contributed by atoms with Gasteiger partial charge in [-0.2, -0.15) is 0 Å². The van der Waals surface area contributed by atoms with Gasteiger partial charge < -0.3 is 14.7 Å². The molecule has 1 aliphatic carbocycles. The lowest BCUT2D eigenvalue weighted by Crippen LogP contribution is -2.65. The van der Waals surface area contributed by atoms with Crippen molar-refractivity contribution in [3.05, 3.63) is 28.2 Å². The molecule has 2 aliphatic rings. The number of hydrogen-bond donors (Lipinski definition) is 1. The average molecular weight is 316 g/mol. The van der Waals surface area contributed by atoms with Crippen LogP contribution in [0.5, 0.6) is 5.75 Å². The first kappa shape index (κ1) is 14.0. The van der Waals surface area contributed by atoms with E-state index in [0.717, 1.165) is 12.8 Å². The van der Waals surface area contributed by atoms with Crippen LogP contribution in [0, 0.1) is 5.92 Å². The number of rotatable bonds is 4. The SMILES string of the molecule is O=C(COc1ccc(Cl)cc1Cl)N1CC(O)(C2CC2)C1. The largest absolute Gasteiger partial charge is 0.482 e. The topological polar surface area (TPSA) is 49.8 Å². The van der Waals surface area contributed by atoms with Crippen molar-refractivity contribution in [2.75, 3.05) is 19.7 Å². The Morgan fingerprint density at radius 3 is 2.70 bits per heavy atom. The molecular weight excluding hydrogens is 301 g/mol. The summed E-state index contributed by atoms with van der Waals surface area (Å²) in [5.74, 6) is 0.668. The summed E-state index contributed by atoms with van der Waals surface area (Å²) < 4.78 is 5.39. The number of benzene rings is 1. The van der Waals surface area contributed by atoms with E-state index in [9.17, 15) is 9.90 Å². The summed E-state index contributed by atoms with van der Waals surface area (Å²) in [6.07, 6.45) is 2.13. The number of ether oxygens (including phenoxy) is 1. The molecule has 3 rings (SSSR count). The molecule has 4 nitrogen and oxygen atoms in total. The third kappa shape index (κ3) is 2.73. The van der Waals surface area contributed by atoms with Gasteiger partial charge in [-0.1, -0.05) is 23.2 Å². The Labute approximate surface area is 127 Å². The van der Waals surface area contributed by atoms with E-state index in [-0.39, 0.29) is 12.5 Å². The molecule has 0 aromatic heterocycles. The van der Waals surface area contributed by atoms with Crippen LogP contribution in [-0.2, 0) is 4.79 Å². The van der Waals surface area contributed by atoms with E-state index in [1.807, 2.05) is 0 Å². The summed E-state index contributed by atoms with van der Waals surface area (Å²) in [7, 11) is 0. The maximum Gasteiger partial charge on any atom is 0.260 e. The first-order valence-corrected chi connectivity index (χ1v) is 7.31. The molecule has 0 atom stereocenters. The van der Waals surface area contributed by atoms with E-state index in [1.165, 1.54) is 0 Å². The number of hydrogen-bond acceptors (Lipinski definition) is 3. The third-order valence-corrected chi connectivity index (χ3v) is 4.39. The minimum atomic E-state index is -0.659. The number of nitrogens with zero attached hydrogens (tertiary/aromatic N) is 1. The van der Waals surface area contributed by atoms with Gasteiger partial charge in [0.2, 0.25) is 0 Å². The molecule has 6 heteroatoms. The number of likely N-dealkylation sites (tertiary alicyclic amines) is 1. The van der Waals surface area contributed by atoms with Crippen molar-refractivity contribution in [3.8, 4) is 5.75 Å². The highest BCUT2D eigenvalue weighted by molar-refractivity contribution is 6.35. The molecule has 1 aromatic carbocycles. The van der Waals surface area contributed by atoms with Gasteiger partial charge in [-0.05, 0) is 37.0 Å². The molecule has 1 aromatic rings. The quantitative estimate of drug-likeness (QED) is 0.928. The minimum absolute atomic E-state index is 0.0813. The first-order valence-electron chi connectivity index (χ1n) is 6.56.